The van der Waals surface area contributed by atoms with Crippen molar-refractivity contribution in [3.63, 3.8) is 0 Å². The summed E-state index contributed by atoms with van der Waals surface area (Å²) in [6.45, 7) is 0. The Labute approximate surface area is 81.2 Å². The topological polar surface area (TPSA) is 66.0 Å². The molecule has 0 fully saturated rings. The number of hydrogen-bond acceptors (Lipinski definition) is 4. The maximum Gasteiger partial charge on any atom is 0.143 e. The fourth-order valence-electron chi connectivity index (χ4n) is 1.16. The molecular weight excluding hydrogens is 180 g/mol. The highest BCUT2D eigenvalue weighted by Crippen LogP contribution is 2.17. The minimum atomic E-state index is 0.424. The van der Waals surface area contributed by atoms with Crippen molar-refractivity contribution in [1.82, 2.24) is 14.5 Å². The van der Waals surface area contributed by atoms with Crippen molar-refractivity contribution in [3.05, 3.63) is 30.9 Å². The van der Waals surface area contributed by atoms with E-state index in [-0.39, 0.29) is 0 Å². The van der Waals surface area contributed by atoms with E-state index in [0.29, 0.717) is 17.4 Å². The van der Waals surface area contributed by atoms with Crippen LogP contribution >= 0.6 is 0 Å². The number of anilines is 1. The first kappa shape index (κ1) is 8.55. The summed E-state index contributed by atoms with van der Waals surface area (Å²) in [6.07, 6.45) is 5.12. The third kappa shape index (κ3) is 1.52. The van der Waals surface area contributed by atoms with Crippen LogP contribution in [0.2, 0.25) is 0 Å². The normalized spacial score (nSPS) is 10.1. The van der Waals surface area contributed by atoms with Gasteiger partial charge >= 0.3 is 0 Å². The second-order valence-corrected chi connectivity index (χ2v) is 2.76. The van der Waals surface area contributed by atoms with E-state index in [1.54, 1.807) is 42.5 Å². The van der Waals surface area contributed by atoms with Crippen molar-refractivity contribution in [3.8, 4) is 11.6 Å². The molecule has 2 rings (SSSR count). The van der Waals surface area contributed by atoms with Gasteiger partial charge in [0.25, 0.3) is 0 Å². The minimum Gasteiger partial charge on any atom is -0.496 e. The molecule has 0 saturated heterocycles. The number of hydrogen-bond donors (Lipinski definition) is 1. The summed E-state index contributed by atoms with van der Waals surface area (Å²) in [6, 6.07) is 3.46. The van der Waals surface area contributed by atoms with Crippen LogP contribution in [0, 0.1) is 0 Å². The summed E-state index contributed by atoms with van der Waals surface area (Å²) in [5.74, 6) is 1.80. The van der Waals surface area contributed by atoms with Crippen LogP contribution in [-0.2, 0) is 0 Å². The van der Waals surface area contributed by atoms with Gasteiger partial charge in [0.2, 0.25) is 0 Å². The summed E-state index contributed by atoms with van der Waals surface area (Å²) < 4.78 is 6.84. The van der Waals surface area contributed by atoms with E-state index in [1.807, 2.05) is 0 Å². The predicted octanol–water partition coefficient (Wildman–Crippen LogP) is 0.858. The molecule has 0 aliphatic heterocycles. The molecule has 2 aromatic heterocycles. The summed E-state index contributed by atoms with van der Waals surface area (Å²) in [4.78, 5) is 8.07. The first-order valence-electron chi connectivity index (χ1n) is 4.09. The largest absolute Gasteiger partial charge is 0.496 e. The molecule has 14 heavy (non-hydrogen) atoms. The van der Waals surface area contributed by atoms with Crippen molar-refractivity contribution >= 4 is 5.82 Å². The maximum atomic E-state index is 5.62. The Morgan fingerprint density at radius 1 is 1.43 bits per heavy atom. The zero-order chi connectivity index (χ0) is 9.97. The van der Waals surface area contributed by atoms with E-state index < -0.39 is 0 Å². The van der Waals surface area contributed by atoms with Crippen molar-refractivity contribution in [2.45, 2.75) is 0 Å². The first-order valence-corrected chi connectivity index (χ1v) is 4.09. The van der Waals surface area contributed by atoms with E-state index >= 15 is 0 Å². The second-order valence-electron chi connectivity index (χ2n) is 2.76. The van der Waals surface area contributed by atoms with Gasteiger partial charge in [0.15, 0.2) is 0 Å². The van der Waals surface area contributed by atoms with E-state index in [0.717, 1.165) is 0 Å². The Kier molecular flexibility index (Phi) is 2.06. The Hall–Kier alpha value is -2.04. The lowest BCUT2D eigenvalue weighted by molar-refractivity contribution is 0.414. The van der Waals surface area contributed by atoms with Gasteiger partial charge in [-0.2, -0.15) is 0 Å². The quantitative estimate of drug-likeness (QED) is 0.762. The Morgan fingerprint density at radius 3 is 2.93 bits per heavy atom. The number of methoxy groups -OCH3 is 1. The molecule has 0 unspecified atom stereocenters. The molecule has 5 nitrogen and oxygen atoms in total. The van der Waals surface area contributed by atoms with E-state index in [9.17, 15) is 0 Å². The molecule has 0 aromatic carbocycles. The number of rotatable bonds is 2. The number of ether oxygens (including phenoxy) is 1. The zero-order valence-electron chi connectivity index (χ0n) is 7.71. The molecule has 2 aromatic rings. The standard InChI is InChI=1S/C9H10N4O/c1-14-7-4-8(10)12-9(5-7)13-3-2-11-6-13/h2-6H,1H3,(H2,10,12). The van der Waals surface area contributed by atoms with Gasteiger partial charge in [-0.25, -0.2) is 9.97 Å². The lowest BCUT2D eigenvalue weighted by atomic mass is 10.4. The molecule has 0 bridgehead atoms. The van der Waals surface area contributed by atoms with Gasteiger partial charge < -0.3 is 10.5 Å². The highest BCUT2D eigenvalue weighted by molar-refractivity contribution is 5.43. The molecule has 2 heterocycles. The van der Waals surface area contributed by atoms with Gasteiger partial charge in [0.05, 0.1) is 7.11 Å². The zero-order valence-corrected chi connectivity index (χ0v) is 7.71. The van der Waals surface area contributed by atoms with Crippen molar-refractivity contribution in [2.24, 2.45) is 0 Å². The van der Waals surface area contributed by atoms with Gasteiger partial charge in [0, 0.05) is 24.5 Å². The second kappa shape index (κ2) is 3.37. The Balaban J connectivity index is 2.48. The van der Waals surface area contributed by atoms with Crippen molar-refractivity contribution in [1.29, 1.82) is 0 Å². The van der Waals surface area contributed by atoms with Crippen molar-refractivity contribution in [2.75, 3.05) is 12.8 Å². The highest BCUT2D eigenvalue weighted by Gasteiger charge is 2.01. The molecule has 0 atom stereocenters. The molecule has 72 valence electrons. The van der Waals surface area contributed by atoms with Crippen LogP contribution in [0.5, 0.6) is 5.75 Å². The van der Waals surface area contributed by atoms with Gasteiger partial charge in [-0.15, -0.1) is 0 Å². The van der Waals surface area contributed by atoms with Crippen LogP contribution in [0.3, 0.4) is 0 Å². The predicted molar refractivity (Wildman–Crippen MR) is 52.3 cm³/mol. The molecule has 0 aliphatic rings. The summed E-state index contributed by atoms with van der Waals surface area (Å²) >= 11 is 0. The third-order valence-corrected chi connectivity index (χ3v) is 1.81. The maximum absolute atomic E-state index is 5.62. The third-order valence-electron chi connectivity index (χ3n) is 1.81. The van der Waals surface area contributed by atoms with Gasteiger partial charge in [-0.3, -0.25) is 4.57 Å². The smallest absolute Gasteiger partial charge is 0.143 e. The number of nitrogens with two attached hydrogens (primary N) is 1. The Morgan fingerprint density at radius 2 is 2.29 bits per heavy atom. The van der Waals surface area contributed by atoms with Crippen LogP contribution in [0.4, 0.5) is 5.82 Å². The fraction of sp³-hybridized carbons (Fsp3) is 0.111. The van der Waals surface area contributed by atoms with E-state index in [2.05, 4.69) is 9.97 Å². The molecule has 5 heteroatoms. The lowest BCUT2D eigenvalue weighted by Crippen LogP contribution is -1.99. The molecule has 0 aliphatic carbocycles. The van der Waals surface area contributed by atoms with E-state index in [1.165, 1.54) is 0 Å². The number of imidazole rings is 1. The van der Waals surface area contributed by atoms with Crippen LogP contribution < -0.4 is 10.5 Å². The molecule has 2 N–H and O–H groups in total. The van der Waals surface area contributed by atoms with Crippen LogP contribution in [0.15, 0.2) is 30.9 Å². The molecule has 0 radical (unpaired) electrons. The van der Waals surface area contributed by atoms with Crippen LogP contribution in [0.1, 0.15) is 0 Å². The summed E-state index contributed by atoms with van der Waals surface area (Å²) in [5, 5.41) is 0. The monoisotopic (exact) mass is 190 g/mol. The number of nitrogens with zero attached hydrogens (tertiary/aromatic N) is 3. The van der Waals surface area contributed by atoms with Crippen LogP contribution in [0.25, 0.3) is 5.82 Å². The molecule has 0 spiro atoms. The van der Waals surface area contributed by atoms with Gasteiger partial charge in [0.1, 0.15) is 23.7 Å². The van der Waals surface area contributed by atoms with Gasteiger partial charge in [-0.05, 0) is 0 Å². The van der Waals surface area contributed by atoms with Crippen LogP contribution in [-0.4, -0.2) is 21.6 Å². The average molecular weight is 190 g/mol. The fourth-order valence-corrected chi connectivity index (χ4v) is 1.16. The SMILES string of the molecule is COc1cc(N)nc(-n2ccnc2)c1. The minimum absolute atomic E-state index is 0.424. The first-order chi connectivity index (χ1) is 6.79. The number of nitrogen functional groups attached to an aromatic ring is 1. The molecule has 0 amide bonds. The molecular formula is C9H10N4O. The molecule has 0 saturated carbocycles. The van der Waals surface area contributed by atoms with Gasteiger partial charge in [-0.1, -0.05) is 0 Å². The number of aromatic nitrogens is 3. The number of pyridine rings is 1. The lowest BCUT2D eigenvalue weighted by Gasteiger charge is -2.05. The Bertz CT molecular complexity index is 424. The van der Waals surface area contributed by atoms with E-state index in [4.69, 9.17) is 10.5 Å². The highest BCUT2D eigenvalue weighted by atomic mass is 16.5. The summed E-state index contributed by atoms with van der Waals surface area (Å²) in [5.41, 5.74) is 5.62. The summed E-state index contributed by atoms with van der Waals surface area (Å²) in [7, 11) is 1.59. The van der Waals surface area contributed by atoms with Crippen molar-refractivity contribution < 1.29 is 4.74 Å². The average Bonchev–Trinajstić information content (AvgIpc) is 2.69.